The molecule has 1 N–H and O–H groups in total. The molecule has 1 aromatic carbocycles. The van der Waals surface area contributed by atoms with Crippen molar-refractivity contribution < 1.29 is 17.9 Å². The van der Waals surface area contributed by atoms with Crippen molar-refractivity contribution in [1.29, 1.82) is 0 Å². The molecule has 1 aromatic rings. The second kappa shape index (κ2) is 6.05. The third-order valence-electron chi connectivity index (χ3n) is 4.02. The SMILES string of the molecule is COc1ccc(CC(=O)NC2CCS(=O)(=O)C2)c(C)c1C. The van der Waals surface area contributed by atoms with Crippen molar-refractivity contribution in [1.82, 2.24) is 5.32 Å². The highest BCUT2D eigenvalue weighted by Gasteiger charge is 2.28. The van der Waals surface area contributed by atoms with Crippen LogP contribution in [0.5, 0.6) is 5.75 Å². The summed E-state index contributed by atoms with van der Waals surface area (Å²) in [6, 6.07) is 3.49. The average Bonchev–Trinajstić information content (AvgIpc) is 2.74. The molecule has 1 saturated heterocycles. The Morgan fingerprint density at radius 3 is 2.62 bits per heavy atom. The van der Waals surface area contributed by atoms with Gasteiger partial charge in [-0.1, -0.05) is 6.07 Å². The van der Waals surface area contributed by atoms with Crippen molar-refractivity contribution in [2.45, 2.75) is 32.7 Å². The van der Waals surface area contributed by atoms with Gasteiger partial charge in [-0.25, -0.2) is 8.42 Å². The lowest BCUT2D eigenvalue weighted by atomic mass is 9.99. The largest absolute Gasteiger partial charge is 0.496 e. The summed E-state index contributed by atoms with van der Waals surface area (Å²) >= 11 is 0. The van der Waals surface area contributed by atoms with Crippen LogP contribution in [0.3, 0.4) is 0 Å². The quantitative estimate of drug-likeness (QED) is 0.905. The third-order valence-corrected chi connectivity index (χ3v) is 5.79. The number of rotatable bonds is 4. The number of carbonyl (C=O) groups excluding carboxylic acids is 1. The molecule has 0 aromatic heterocycles. The molecule has 6 heteroatoms. The van der Waals surface area contributed by atoms with E-state index >= 15 is 0 Å². The summed E-state index contributed by atoms with van der Waals surface area (Å²) in [6.45, 7) is 3.92. The maximum Gasteiger partial charge on any atom is 0.224 e. The van der Waals surface area contributed by atoms with Crippen LogP contribution < -0.4 is 10.1 Å². The monoisotopic (exact) mass is 311 g/mol. The number of hydrogen-bond acceptors (Lipinski definition) is 4. The first-order valence-corrected chi connectivity index (χ1v) is 8.77. The summed E-state index contributed by atoms with van der Waals surface area (Å²) in [5.74, 6) is 0.890. The maximum absolute atomic E-state index is 12.1. The van der Waals surface area contributed by atoms with E-state index in [-0.39, 0.29) is 29.9 Å². The van der Waals surface area contributed by atoms with Crippen LogP contribution in [0, 0.1) is 13.8 Å². The van der Waals surface area contributed by atoms with Gasteiger partial charge in [0, 0.05) is 6.04 Å². The van der Waals surface area contributed by atoms with Gasteiger partial charge in [0.25, 0.3) is 0 Å². The summed E-state index contributed by atoms with van der Waals surface area (Å²) in [7, 11) is -1.35. The minimum atomic E-state index is -2.97. The zero-order chi connectivity index (χ0) is 15.6. The molecule has 21 heavy (non-hydrogen) atoms. The molecular formula is C15H21NO4S. The van der Waals surface area contributed by atoms with E-state index in [1.807, 2.05) is 26.0 Å². The molecule has 1 unspecified atom stereocenters. The molecule has 0 aliphatic carbocycles. The minimum absolute atomic E-state index is 0.0549. The van der Waals surface area contributed by atoms with Crippen molar-refractivity contribution in [2.75, 3.05) is 18.6 Å². The Morgan fingerprint density at radius 1 is 1.33 bits per heavy atom. The first-order chi connectivity index (χ1) is 9.82. The highest BCUT2D eigenvalue weighted by Crippen LogP contribution is 2.24. The van der Waals surface area contributed by atoms with Crippen LogP contribution in [0.2, 0.25) is 0 Å². The van der Waals surface area contributed by atoms with Gasteiger partial charge in [-0.3, -0.25) is 4.79 Å². The molecule has 1 amide bonds. The molecule has 1 aliphatic rings. The maximum atomic E-state index is 12.1. The first-order valence-electron chi connectivity index (χ1n) is 6.95. The van der Waals surface area contributed by atoms with Crippen molar-refractivity contribution in [2.24, 2.45) is 0 Å². The molecule has 1 fully saturated rings. The third kappa shape index (κ3) is 3.75. The lowest BCUT2D eigenvalue weighted by molar-refractivity contribution is -0.121. The van der Waals surface area contributed by atoms with E-state index in [2.05, 4.69) is 5.32 Å². The molecule has 116 valence electrons. The van der Waals surface area contributed by atoms with Crippen LogP contribution >= 0.6 is 0 Å². The van der Waals surface area contributed by atoms with E-state index in [4.69, 9.17) is 4.74 Å². The van der Waals surface area contributed by atoms with Gasteiger partial charge in [0.1, 0.15) is 5.75 Å². The summed E-state index contributed by atoms with van der Waals surface area (Å²) in [4.78, 5) is 12.1. The second-order valence-corrected chi connectivity index (χ2v) is 7.75. The normalized spacial score (nSPS) is 20.2. The molecule has 1 atom stereocenters. The number of nitrogens with one attached hydrogen (secondary N) is 1. The second-order valence-electron chi connectivity index (χ2n) is 5.52. The highest BCUT2D eigenvalue weighted by atomic mass is 32.2. The van der Waals surface area contributed by atoms with Gasteiger partial charge < -0.3 is 10.1 Å². The van der Waals surface area contributed by atoms with Crippen LogP contribution in [0.1, 0.15) is 23.1 Å². The van der Waals surface area contributed by atoms with Crippen molar-refractivity contribution in [3.63, 3.8) is 0 Å². The zero-order valence-corrected chi connectivity index (χ0v) is 13.4. The minimum Gasteiger partial charge on any atom is -0.496 e. The van der Waals surface area contributed by atoms with Gasteiger partial charge >= 0.3 is 0 Å². The van der Waals surface area contributed by atoms with E-state index in [0.29, 0.717) is 6.42 Å². The number of amides is 1. The molecule has 0 saturated carbocycles. The van der Waals surface area contributed by atoms with Gasteiger partial charge in [-0.05, 0) is 43.0 Å². The predicted molar refractivity (Wildman–Crippen MR) is 81.4 cm³/mol. The Labute approximate surface area is 125 Å². The van der Waals surface area contributed by atoms with Crippen molar-refractivity contribution in [3.8, 4) is 5.75 Å². The Morgan fingerprint density at radius 2 is 2.05 bits per heavy atom. The lowest BCUT2D eigenvalue weighted by Crippen LogP contribution is -2.36. The Balaban J connectivity index is 2.02. The first kappa shape index (κ1) is 15.8. The predicted octanol–water partition coefficient (Wildman–Crippen LogP) is 1.16. The summed E-state index contributed by atoms with van der Waals surface area (Å²) in [5, 5.41) is 2.81. The average molecular weight is 311 g/mol. The Hall–Kier alpha value is -1.56. The van der Waals surface area contributed by atoms with Crippen LogP contribution in [-0.4, -0.2) is 39.0 Å². The zero-order valence-electron chi connectivity index (χ0n) is 12.6. The number of sulfone groups is 1. The highest BCUT2D eigenvalue weighted by molar-refractivity contribution is 7.91. The van der Waals surface area contributed by atoms with E-state index in [0.717, 1.165) is 22.4 Å². The van der Waals surface area contributed by atoms with Crippen molar-refractivity contribution >= 4 is 15.7 Å². The number of carbonyl (C=O) groups is 1. The van der Waals surface area contributed by atoms with Gasteiger partial charge in [0.05, 0.1) is 25.0 Å². The fourth-order valence-corrected chi connectivity index (χ4v) is 4.30. The summed E-state index contributed by atoms with van der Waals surface area (Å²) in [5.41, 5.74) is 2.99. The Kier molecular flexibility index (Phi) is 4.56. The smallest absolute Gasteiger partial charge is 0.224 e. The molecule has 1 heterocycles. The van der Waals surface area contributed by atoms with Crippen molar-refractivity contribution in [3.05, 3.63) is 28.8 Å². The van der Waals surface area contributed by atoms with Gasteiger partial charge in [-0.15, -0.1) is 0 Å². The molecule has 0 bridgehead atoms. The van der Waals surface area contributed by atoms with E-state index < -0.39 is 9.84 Å². The number of ether oxygens (including phenoxy) is 1. The molecule has 0 radical (unpaired) electrons. The Bertz CT molecular complexity index is 652. The lowest BCUT2D eigenvalue weighted by Gasteiger charge is -2.14. The number of hydrogen-bond donors (Lipinski definition) is 1. The van der Waals surface area contributed by atoms with E-state index in [1.54, 1.807) is 7.11 Å². The fraction of sp³-hybridized carbons (Fsp3) is 0.533. The van der Waals surface area contributed by atoms with Gasteiger partial charge in [0.15, 0.2) is 9.84 Å². The molecule has 0 spiro atoms. The van der Waals surface area contributed by atoms with Gasteiger partial charge in [0.2, 0.25) is 5.91 Å². The van der Waals surface area contributed by atoms with E-state index in [1.165, 1.54) is 0 Å². The molecule has 1 aliphatic heterocycles. The topological polar surface area (TPSA) is 72.5 Å². The van der Waals surface area contributed by atoms with Crippen LogP contribution in [-0.2, 0) is 21.1 Å². The van der Waals surface area contributed by atoms with E-state index in [9.17, 15) is 13.2 Å². The van der Waals surface area contributed by atoms with Crippen LogP contribution in [0.15, 0.2) is 12.1 Å². The van der Waals surface area contributed by atoms with Crippen LogP contribution in [0.25, 0.3) is 0 Å². The molecular weight excluding hydrogens is 290 g/mol. The van der Waals surface area contributed by atoms with Crippen LogP contribution in [0.4, 0.5) is 0 Å². The molecule has 2 rings (SSSR count). The van der Waals surface area contributed by atoms with Gasteiger partial charge in [-0.2, -0.15) is 0 Å². The number of benzene rings is 1. The number of methoxy groups -OCH3 is 1. The summed E-state index contributed by atoms with van der Waals surface area (Å²) in [6.07, 6.45) is 0.766. The summed E-state index contributed by atoms with van der Waals surface area (Å²) < 4.78 is 28.0. The molecule has 5 nitrogen and oxygen atoms in total. The fourth-order valence-electron chi connectivity index (χ4n) is 2.63. The standard InChI is InChI=1S/C15H21NO4S/c1-10-11(2)14(20-3)5-4-12(10)8-15(17)16-13-6-7-21(18,19)9-13/h4-5,13H,6-9H2,1-3H3,(H,16,17).